The lowest BCUT2D eigenvalue weighted by Crippen LogP contribution is -2.63. The number of hydrogen-bond acceptors (Lipinski definition) is 7. The second-order valence-corrected chi connectivity index (χ2v) is 5.52. The van der Waals surface area contributed by atoms with Crippen LogP contribution in [0.2, 0.25) is 0 Å². The van der Waals surface area contributed by atoms with E-state index in [-0.39, 0.29) is 6.61 Å². The van der Waals surface area contributed by atoms with E-state index < -0.39 is 43.0 Å². The standard InChI is InChI=1S/C16H20O7/c1-9(17)21-14-12(18)13-11(22-16(14)19-2)8-20-15(23-13)10-6-4-3-5-7-10/h3-7,11-16,18H,8H2,1-2H3/t11-,12+,13-,14+,15?,16-/m1/s1. The van der Waals surface area contributed by atoms with Crippen molar-refractivity contribution in [1.82, 2.24) is 0 Å². The van der Waals surface area contributed by atoms with Crippen LogP contribution in [0.1, 0.15) is 18.8 Å². The summed E-state index contributed by atoms with van der Waals surface area (Å²) in [4.78, 5) is 11.3. The van der Waals surface area contributed by atoms with Gasteiger partial charge in [-0.1, -0.05) is 30.3 Å². The monoisotopic (exact) mass is 324 g/mol. The number of carbonyl (C=O) groups excluding carboxylic acids is 1. The van der Waals surface area contributed by atoms with Gasteiger partial charge in [-0.3, -0.25) is 4.79 Å². The molecule has 2 fully saturated rings. The van der Waals surface area contributed by atoms with E-state index in [1.54, 1.807) is 0 Å². The van der Waals surface area contributed by atoms with E-state index in [0.717, 1.165) is 5.56 Å². The molecule has 6 atom stereocenters. The Balaban J connectivity index is 1.76. The predicted octanol–water partition coefficient (Wildman–Crippen LogP) is 0.764. The molecule has 2 saturated heterocycles. The SMILES string of the molecule is CO[C@@H]1O[C@@H]2COC(c3ccccc3)O[C@H]2[C@H](O)[C@@H]1OC(C)=O. The predicted molar refractivity (Wildman–Crippen MR) is 77.2 cm³/mol. The van der Waals surface area contributed by atoms with Gasteiger partial charge in [0.2, 0.25) is 0 Å². The van der Waals surface area contributed by atoms with E-state index in [2.05, 4.69) is 0 Å². The van der Waals surface area contributed by atoms with E-state index in [1.807, 2.05) is 30.3 Å². The van der Waals surface area contributed by atoms with Crippen LogP contribution in [0.15, 0.2) is 30.3 Å². The molecular formula is C16H20O7. The molecule has 7 nitrogen and oxygen atoms in total. The van der Waals surface area contributed by atoms with Crippen LogP contribution in [0.4, 0.5) is 0 Å². The van der Waals surface area contributed by atoms with E-state index in [4.69, 9.17) is 23.7 Å². The molecule has 126 valence electrons. The van der Waals surface area contributed by atoms with Gasteiger partial charge in [0.15, 0.2) is 18.7 Å². The minimum absolute atomic E-state index is 0.244. The molecule has 1 unspecified atom stereocenters. The highest BCUT2D eigenvalue weighted by atomic mass is 16.8. The number of benzene rings is 1. The molecule has 1 aromatic carbocycles. The Morgan fingerprint density at radius 1 is 1.26 bits per heavy atom. The largest absolute Gasteiger partial charge is 0.454 e. The first-order valence-corrected chi connectivity index (χ1v) is 7.45. The molecular weight excluding hydrogens is 304 g/mol. The van der Waals surface area contributed by atoms with E-state index in [9.17, 15) is 9.90 Å². The van der Waals surface area contributed by atoms with Gasteiger partial charge >= 0.3 is 5.97 Å². The minimum atomic E-state index is -1.07. The first kappa shape index (κ1) is 16.4. The number of fused-ring (bicyclic) bond motifs is 1. The molecule has 1 N–H and O–H groups in total. The van der Waals surface area contributed by atoms with Gasteiger partial charge in [0, 0.05) is 19.6 Å². The van der Waals surface area contributed by atoms with Crippen LogP contribution in [0.5, 0.6) is 0 Å². The number of methoxy groups -OCH3 is 1. The highest BCUT2D eigenvalue weighted by molar-refractivity contribution is 5.66. The Morgan fingerprint density at radius 2 is 2.00 bits per heavy atom. The molecule has 0 radical (unpaired) electrons. The zero-order valence-corrected chi connectivity index (χ0v) is 13.0. The minimum Gasteiger partial charge on any atom is -0.454 e. The van der Waals surface area contributed by atoms with Gasteiger partial charge in [-0.05, 0) is 0 Å². The van der Waals surface area contributed by atoms with Crippen molar-refractivity contribution in [2.45, 2.75) is 43.9 Å². The average molecular weight is 324 g/mol. The van der Waals surface area contributed by atoms with Crippen LogP contribution in [0, 0.1) is 0 Å². The quantitative estimate of drug-likeness (QED) is 0.822. The topological polar surface area (TPSA) is 83.5 Å². The van der Waals surface area contributed by atoms with Crippen molar-refractivity contribution in [2.75, 3.05) is 13.7 Å². The van der Waals surface area contributed by atoms with Gasteiger partial charge in [0.25, 0.3) is 0 Å². The van der Waals surface area contributed by atoms with Crippen molar-refractivity contribution in [1.29, 1.82) is 0 Å². The summed E-state index contributed by atoms with van der Waals surface area (Å²) in [5.41, 5.74) is 0.844. The Labute approximate surface area is 134 Å². The van der Waals surface area contributed by atoms with Crippen molar-refractivity contribution in [3.05, 3.63) is 35.9 Å². The Morgan fingerprint density at radius 3 is 2.65 bits per heavy atom. The maximum atomic E-state index is 11.3. The summed E-state index contributed by atoms with van der Waals surface area (Å²) in [6, 6.07) is 9.41. The van der Waals surface area contributed by atoms with Gasteiger partial charge < -0.3 is 28.8 Å². The zero-order valence-electron chi connectivity index (χ0n) is 13.0. The fraction of sp³-hybridized carbons (Fsp3) is 0.562. The number of hydrogen-bond donors (Lipinski definition) is 1. The molecule has 0 saturated carbocycles. The fourth-order valence-electron chi connectivity index (χ4n) is 2.85. The van der Waals surface area contributed by atoms with Crippen molar-refractivity contribution < 1.29 is 33.6 Å². The summed E-state index contributed by atoms with van der Waals surface area (Å²) in [7, 11) is 1.42. The van der Waals surface area contributed by atoms with Gasteiger partial charge in [-0.25, -0.2) is 0 Å². The molecule has 2 aliphatic heterocycles. The lowest BCUT2D eigenvalue weighted by Gasteiger charge is -2.46. The fourth-order valence-corrected chi connectivity index (χ4v) is 2.85. The highest BCUT2D eigenvalue weighted by Gasteiger charge is 2.51. The molecule has 0 aromatic heterocycles. The first-order chi connectivity index (χ1) is 11.1. The highest BCUT2D eigenvalue weighted by Crippen LogP contribution is 2.35. The molecule has 1 aromatic rings. The van der Waals surface area contributed by atoms with Crippen LogP contribution in [0.25, 0.3) is 0 Å². The summed E-state index contributed by atoms with van der Waals surface area (Å²) in [5, 5.41) is 10.6. The third-order valence-electron chi connectivity index (χ3n) is 3.92. The van der Waals surface area contributed by atoms with Crippen LogP contribution in [0.3, 0.4) is 0 Å². The van der Waals surface area contributed by atoms with E-state index in [0.29, 0.717) is 0 Å². The summed E-state index contributed by atoms with van der Waals surface area (Å²) in [6.07, 6.45) is -4.67. The van der Waals surface area contributed by atoms with Gasteiger partial charge in [-0.15, -0.1) is 0 Å². The summed E-state index contributed by atoms with van der Waals surface area (Å²) >= 11 is 0. The van der Waals surface area contributed by atoms with Crippen molar-refractivity contribution in [2.24, 2.45) is 0 Å². The molecule has 0 amide bonds. The Bertz CT molecular complexity index is 534. The number of ether oxygens (including phenoxy) is 5. The molecule has 0 aliphatic carbocycles. The van der Waals surface area contributed by atoms with Crippen LogP contribution in [-0.2, 0) is 28.5 Å². The van der Waals surface area contributed by atoms with E-state index >= 15 is 0 Å². The summed E-state index contributed by atoms with van der Waals surface area (Å²) in [6.45, 7) is 1.51. The van der Waals surface area contributed by atoms with Gasteiger partial charge in [-0.2, -0.15) is 0 Å². The van der Waals surface area contributed by atoms with Crippen LogP contribution in [-0.4, -0.2) is 55.5 Å². The molecule has 3 rings (SSSR count). The lowest BCUT2D eigenvalue weighted by molar-refractivity contribution is -0.358. The number of esters is 1. The first-order valence-electron chi connectivity index (χ1n) is 7.45. The van der Waals surface area contributed by atoms with Crippen molar-refractivity contribution in [3.63, 3.8) is 0 Å². The summed E-state index contributed by atoms with van der Waals surface area (Å²) in [5.74, 6) is -0.523. The third kappa shape index (κ3) is 3.39. The number of aliphatic hydroxyl groups excluding tert-OH is 1. The van der Waals surface area contributed by atoms with Gasteiger partial charge in [0.1, 0.15) is 18.3 Å². The number of rotatable bonds is 3. The van der Waals surface area contributed by atoms with Gasteiger partial charge in [0.05, 0.1) is 6.61 Å². The van der Waals surface area contributed by atoms with Crippen molar-refractivity contribution >= 4 is 5.97 Å². The molecule has 23 heavy (non-hydrogen) atoms. The molecule has 0 spiro atoms. The number of aliphatic hydroxyl groups is 1. The molecule has 7 heteroatoms. The third-order valence-corrected chi connectivity index (χ3v) is 3.92. The smallest absolute Gasteiger partial charge is 0.303 e. The molecule has 0 bridgehead atoms. The molecule has 2 heterocycles. The maximum absolute atomic E-state index is 11.3. The second kappa shape index (κ2) is 6.94. The lowest BCUT2D eigenvalue weighted by atomic mass is 9.97. The number of carbonyl (C=O) groups is 1. The van der Waals surface area contributed by atoms with E-state index in [1.165, 1.54) is 14.0 Å². The van der Waals surface area contributed by atoms with Crippen LogP contribution >= 0.6 is 0 Å². The second-order valence-electron chi connectivity index (χ2n) is 5.52. The zero-order chi connectivity index (χ0) is 16.4. The van der Waals surface area contributed by atoms with Crippen LogP contribution < -0.4 is 0 Å². The Kier molecular flexibility index (Phi) is 4.93. The average Bonchev–Trinajstić information content (AvgIpc) is 2.57. The normalized spacial score (nSPS) is 37.0. The van der Waals surface area contributed by atoms with Crippen molar-refractivity contribution in [3.8, 4) is 0 Å². The molecule has 2 aliphatic rings. The maximum Gasteiger partial charge on any atom is 0.303 e. The Hall–Kier alpha value is -1.51. The summed E-state index contributed by atoms with van der Waals surface area (Å²) < 4.78 is 27.5.